The number of carbonyl (C=O) groups is 3. The van der Waals surface area contributed by atoms with E-state index >= 15 is 0 Å². The Labute approximate surface area is 223 Å². The summed E-state index contributed by atoms with van der Waals surface area (Å²) >= 11 is 0. The molecule has 202 valence electrons. The second-order valence-electron chi connectivity index (χ2n) is 11.0. The minimum absolute atomic E-state index is 0.102. The van der Waals surface area contributed by atoms with Crippen molar-refractivity contribution in [2.24, 2.45) is 5.73 Å². The van der Waals surface area contributed by atoms with Crippen molar-refractivity contribution in [1.82, 2.24) is 0 Å². The molecule has 0 aromatic heterocycles. The van der Waals surface area contributed by atoms with Crippen molar-refractivity contribution in [3.05, 3.63) is 71.8 Å². The Bertz CT molecular complexity index is 1090. The molecule has 3 saturated heterocycles. The molecule has 0 aliphatic carbocycles. The Morgan fingerprint density at radius 3 is 1.95 bits per heavy atom. The lowest BCUT2D eigenvalue weighted by atomic mass is 9.85. The van der Waals surface area contributed by atoms with Crippen LogP contribution >= 0.6 is 0 Å². The van der Waals surface area contributed by atoms with E-state index in [9.17, 15) is 14.4 Å². The molecule has 8 heteroatoms. The van der Waals surface area contributed by atoms with Gasteiger partial charge in [-0.05, 0) is 6.42 Å². The number of nitrogens with two attached hydrogens (primary N) is 1. The van der Waals surface area contributed by atoms with Gasteiger partial charge in [0, 0.05) is 56.1 Å². The van der Waals surface area contributed by atoms with E-state index in [1.807, 2.05) is 12.1 Å². The molecule has 8 nitrogen and oxygen atoms in total. The summed E-state index contributed by atoms with van der Waals surface area (Å²) in [7, 11) is 0. The molecule has 3 heterocycles. The van der Waals surface area contributed by atoms with Gasteiger partial charge in [0.2, 0.25) is 0 Å². The zero-order valence-corrected chi connectivity index (χ0v) is 21.7. The molecule has 2 bridgehead atoms. The van der Waals surface area contributed by atoms with Crippen molar-refractivity contribution in [3.8, 4) is 0 Å². The van der Waals surface area contributed by atoms with Crippen molar-refractivity contribution in [2.75, 3.05) is 13.1 Å². The van der Waals surface area contributed by atoms with Gasteiger partial charge in [-0.1, -0.05) is 60.7 Å². The highest BCUT2D eigenvalue weighted by molar-refractivity contribution is 5.90. The average molecular weight is 522 g/mol. The standard InChI is InChI=1S/C30H36N2O6/c31-26(15-16-27(33)34)28(35)38-30(21-9-3-1-4-10-21,22-11-5-2-6-12-22)29(36)37-25-19-23-13-14-24(20-25)32(23)17-7-8-18-32/h1-6,9-12,23-26H,7-8,13-20,31H2/p+1/t23?,24?,25?,26-/m0/s1. The summed E-state index contributed by atoms with van der Waals surface area (Å²) in [5.74, 6) is -2.55. The zero-order valence-electron chi connectivity index (χ0n) is 21.7. The summed E-state index contributed by atoms with van der Waals surface area (Å²) in [6.45, 7) is 2.44. The lowest BCUT2D eigenvalue weighted by Crippen LogP contribution is -2.60. The van der Waals surface area contributed by atoms with Gasteiger partial charge in [0.25, 0.3) is 5.60 Å². The van der Waals surface area contributed by atoms with Gasteiger partial charge in [-0.2, -0.15) is 0 Å². The van der Waals surface area contributed by atoms with E-state index in [4.69, 9.17) is 20.3 Å². The molecule has 0 saturated carbocycles. The lowest BCUT2D eigenvalue weighted by molar-refractivity contribution is -0.956. The lowest BCUT2D eigenvalue weighted by Gasteiger charge is -2.47. The predicted molar refractivity (Wildman–Crippen MR) is 140 cm³/mol. The predicted octanol–water partition coefficient (Wildman–Crippen LogP) is 3.51. The number of nitrogens with zero attached hydrogens (tertiary/aromatic N) is 1. The van der Waals surface area contributed by atoms with Crippen LogP contribution in [-0.4, -0.2) is 64.8 Å². The molecular weight excluding hydrogens is 484 g/mol. The number of benzene rings is 2. The minimum atomic E-state index is -1.86. The molecule has 2 unspecified atom stereocenters. The first-order chi connectivity index (χ1) is 18.3. The van der Waals surface area contributed by atoms with Crippen molar-refractivity contribution < 1.29 is 33.4 Å². The number of piperidine rings is 1. The number of hydrogen-bond acceptors (Lipinski definition) is 6. The van der Waals surface area contributed by atoms with Gasteiger partial charge in [-0.25, -0.2) is 4.79 Å². The summed E-state index contributed by atoms with van der Waals surface area (Å²) in [6.07, 6.45) is 5.84. The Hall–Kier alpha value is -3.23. The third-order valence-corrected chi connectivity index (χ3v) is 8.90. The maximum atomic E-state index is 14.3. The van der Waals surface area contributed by atoms with E-state index < -0.39 is 29.6 Å². The summed E-state index contributed by atoms with van der Waals surface area (Å²) < 4.78 is 13.5. The summed E-state index contributed by atoms with van der Waals surface area (Å²) in [6, 6.07) is 17.5. The molecule has 3 aliphatic rings. The average Bonchev–Trinajstić information content (AvgIpc) is 3.47. The van der Waals surface area contributed by atoms with Crippen LogP contribution in [0.3, 0.4) is 0 Å². The fraction of sp³-hybridized carbons (Fsp3) is 0.500. The number of carboxylic acid groups (broad SMARTS) is 1. The third-order valence-electron chi connectivity index (χ3n) is 8.90. The first-order valence-corrected chi connectivity index (χ1v) is 13.7. The van der Waals surface area contributed by atoms with Crippen molar-refractivity contribution in [1.29, 1.82) is 0 Å². The van der Waals surface area contributed by atoms with Crippen LogP contribution in [0.25, 0.3) is 0 Å². The number of ether oxygens (including phenoxy) is 2. The number of carboxylic acids is 1. The minimum Gasteiger partial charge on any atom is -0.481 e. The van der Waals surface area contributed by atoms with Crippen LogP contribution in [0, 0.1) is 0 Å². The molecule has 3 aliphatic heterocycles. The Morgan fingerprint density at radius 1 is 0.921 bits per heavy atom. The van der Waals surface area contributed by atoms with Crippen LogP contribution in [0.1, 0.15) is 62.5 Å². The number of esters is 2. The number of hydrogen-bond donors (Lipinski definition) is 2. The van der Waals surface area contributed by atoms with Gasteiger partial charge in [0.05, 0.1) is 25.2 Å². The maximum Gasteiger partial charge on any atom is 0.360 e. The first-order valence-electron chi connectivity index (χ1n) is 13.7. The third kappa shape index (κ3) is 4.83. The molecule has 5 rings (SSSR count). The molecule has 3 atom stereocenters. The number of aliphatic carboxylic acids is 1. The first kappa shape index (κ1) is 26.4. The highest BCUT2D eigenvalue weighted by Gasteiger charge is 2.57. The zero-order chi connectivity index (χ0) is 26.8. The second kappa shape index (κ2) is 10.9. The number of carbonyl (C=O) groups excluding carboxylic acids is 2. The van der Waals surface area contributed by atoms with Crippen molar-refractivity contribution >= 4 is 17.9 Å². The molecule has 2 aromatic carbocycles. The highest BCUT2D eigenvalue weighted by Crippen LogP contribution is 2.47. The number of quaternary nitrogens is 1. The Morgan fingerprint density at radius 2 is 1.45 bits per heavy atom. The van der Waals surface area contributed by atoms with Crippen molar-refractivity contribution in [3.63, 3.8) is 0 Å². The molecule has 38 heavy (non-hydrogen) atoms. The molecule has 0 amide bonds. The topological polar surface area (TPSA) is 116 Å². The van der Waals surface area contributed by atoms with E-state index in [2.05, 4.69) is 0 Å². The maximum absolute atomic E-state index is 14.3. The van der Waals surface area contributed by atoms with E-state index in [0.29, 0.717) is 23.2 Å². The van der Waals surface area contributed by atoms with Gasteiger partial charge >= 0.3 is 17.9 Å². The molecule has 3 N–H and O–H groups in total. The van der Waals surface area contributed by atoms with Crippen LogP contribution < -0.4 is 5.73 Å². The molecule has 3 fully saturated rings. The number of rotatable bonds is 9. The highest BCUT2D eigenvalue weighted by atomic mass is 16.6. The monoisotopic (exact) mass is 521 g/mol. The molecule has 0 radical (unpaired) electrons. The summed E-state index contributed by atoms with van der Waals surface area (Å²) in [5.41, 5.74) is 5.08. The second-order valence-corrected chi connectivity index (χ2v) is 11.0. The van der Waals surface area contributed by atoms with Gasteiger partial charge in [0.1, 0.15) is 12.1 Å². The summed E-state index contributed by atoms with van der Waals surface area (Å²) in [4.78, 5) is 38.6. The van der Waals surface area contributed by atoms with Crippen LogP contribution in [0.4, 0.5) is 0 Å². The van der Waals surface area contributed by atoms with Crippen LogP contribution in [-0.2, 0) is 29.5 Å². The molecule has 2 aromatic rings. The fourth-order valence-electron chi connectivity index (χ4n) is 7.07. The van der Waals surface area contributed by atoms with Gasteiger partial charge in [-0.15, -0.1) is 0 Å². The van der Waals surface area contributed by atoms with Gasteiger partial charge in [-0.3, -0.25) is 9.59 Å². The van der Waals surface area contributed by atoms with Gasteiger partial charge in [0.15, 0.2) is 0 Å². The summed E-state index contributed by atoms with van der Waals surface area (Å²) in [5, 5.41) is 9.04. The van der Waals surface area contributed by atoms with Crippen molar-refractivity contribution in [2.45, 2.75) is 81.2 Å². The van der Waals surface area contributed by atoms with Crippen LogP contribution in [0.5, 0.6) is 0 Å². The smallest absolute Gasteiger partial charge is 0.360 e. The largest absolute Gasteiger partial charge is 0.481 e. The fourth-order valence-corrected chi connectivity index (χ4v) is 7.07. The SMILES string of the molecule is N[C@@H](CCC(=O)O)C(=O)OC(C(=O)OC1CC2CCC(C1)[N+]21CCCC1)(c1ccccc1)c1ccccc1. The van der Waals surface area contributed by atoms with E-state index in [0.717, 1.165) is 25.7 Å². The van der Waals surface area contributed by atoms with E-state index in [-0.39, 0.29) is 18.9 Å². The quantitative estimate of drug-likeness (QED) is 0.383. The van der Waals surface area contributed by atoms with Gasteiger partial charge < -0.3 is 24.8 Å². The van der Waals surface area contributed by atoms with E-state index in [1.54, 1.807) is 48.5 Å². The Kier molecular flexibility index (Phi) is 7.54. The normalized spacial score (nSPS) is 24.6. The van der Waals surface area contributed by atoms with E-state index in [1.165, 1.54) is 30.4 Å². The van der Waals surface area contributed by atoms with Crippen LogP contribution in [0.2, 0.25) is 0 Å². The Balaban J connectivity index is 1.46. The molecule has 1 spiro atoms. The molecular formula is C30H37N2O6+. The van der Waals surface area contributed by atoms with Crippen LogP contribution in [0.15, 0.2) is 60.7 Å².